The average molecular weight is 287 g/mol. The molecule has 0 radical (unpaired) electrons. The van der Waals surface area contributed by atoms with Gasteiger partial charge in [-0.05, 0) is 18.9 Å². The van der Waals surface area contributed by atoms with E-state index in [1.807, 2.05) is 24.3 Å². The van der Waals surface area contributed by atoms with Gasteiger partial charge in [0.05, 0.1) is 0 Å². The minimum Gasteiger partial charge on any atom is -0.487 e. The molecule has 0 bridgehead atoms. The first kappa shape index (κ1) is 13.8. The van der Waals surface area contributed by atoms with Crippen molar-refractivity contribution in [1.29, 1.82) is 0 Å². The van der Waals surface area contributed by atoms with Gasteiger partial charge in [-0.2, -0.15) is 0 Å². The molecule has 1 aliphatic carbocycles. The molecule has 1 heterocycles. The number of benzene rings is 1. The summed E-state index contributed by atoms with van der Waals surface area (Å²) in [5, 5.41) is 3.93. The summed E-state index contributed by atoms with van der Waals surface area (Å²) in [5.41, 5.74) is 2.51. The van der Waals surface area contributed by atoms with Crippen molar-refractivity contribution in [3.8, 4) is 5.75 Å². The Morgan fingerprint density at radius 2 is 2.19 bits per heavy atom. The molecule has 0 atom stereocenters. The van der Waals surface area contributed by atoms with Crippen LogP contribution in [0.1, 0.15) is 40.2 Å². The molecule has 0 fully saturated rings. The van der Waals surface area contributed by atoms with Crippen LogP contribution in [0.4, 0.5) is 0 Å². The van der Waals surface area contributed by atoms with Crippen molar-refractivity contribution >= 4 is 5.78 Å². The van der Waals surface area contributed by atoms with E-state index in [4.69, 9.17) is 14.0 Å². The molecule has 3 rings (SSSR count). The van der Waals surface area contributed by atoms with Crippen LogP contribution >= 0.6 is 0 Å². The van der Waals surface area contributed by atoms with Gasteiger partial charge >= 0.3 is 0 Å². The lowest BCUT2D eigenvalue weighted by atomic mass is 9.90. The van der Waals surface area contributed by atoms with E-state index in [9.17, 15) is 4.79 Å². The number of Topliss-reactive ketones (excluding diaryl/α,β-unsaturated/α-hetero) is 1. The fourth-order valence-corrected chi connectivity index (χ4v) is 2.57. The number of hydrogen-bond acceptors (Lipinski definition) is 5. The van der Waals surface area contributed by atoms with Gasteiger partial charge in [0.1, 0.15) is 24.7 Å². The topological polar surface area (TPSA) is 61.6 Å². The summed E-state index contributed by atoms with van der Waals surface area (Å²) >= 11 is 0. The fourth-order valence-electron chi connectivity index (χ4n) is 2.57. The predicted octanol–water partition coefficient (Wildman–Crippen LogP) is 2.92. The maximum Gasteiger partial charge on any atom is 0.163 e. The molecule has 5 nitrogen and oxygen atoms in total. The maximum atomic E-state index is 11.9. The number of fused-ring (bicyclic) bond motifs is 1. The highest BCUT2D eigenvalue weighted by Gasteiger charge is 2.20. The molecule has 110 valence electrons. The number of carbonyl (C=O) groups excluding carboxylic acids is 1. The van der Waals surface area contributed by atoms with Crippen LogP contribution in [0, 0.1) is 0 Å². The van der Waals surface area contributed by atoms with E-state index in [0.717, 1.165) is 29.7 Å². The summed E-state index contributed by atoms with van der Waals surface area (Å²) in [7, 11) is 1.60. The summed E-state index contributed by atoms with van der Waals surface area (Å²) < 4.78 is 15.9. The van der Waals surface area contributed by atoms with Gasteiger partial charge < -0.3 is 14.0 Å². The smallest absolute Gasteiger partial charge is 0.163 e. The van der Waals surface area contributed by atoms with Gasteiger partial charge in [0, 0.05) is 30.7 Å². The van der Waals surface area contributed by atoms with Crippen molar-refractivity contribution in [1.82, 2.24) is 5.16 Å². The molecule has 0 spiro atoms. The molecule has 0 saturated heterocycles. The first-order chi connectivity index (χ1) is 10.3. The molecule has 1 aliphatic rings. The van der Waals surface area contributed by atoms with Crippen LogP contribution in [0.2, 0.25) is 0 Å². The van der Waals surface area contributed by atoms with E-state index in [1.54, 1.807) is 7.11 Å². The van der Waals surface area contributed by atoms with Gasteiger partial charge in [-0.15, -0.1) is 0 Å². The Labute approximate surface area is 122 Å². The average Bonchev–Trinajstić information content (AvgIpc) is 2.94. The first-order valence-corrected chi connectivity index (χ1v) is 6.99. The van der Waals surface area contributed by atoms with Gasteiger partial charge in [0.25, 0.3) is 0 Å². The lowest BCUT2D eigenvalue weighted by molar-refractivity contribution is 0.0971. The van der Waals surface area contributed by atoms with Crippen molar-refractivity contribution in [2.24, 2.45) is 0 Å². The minimum absolute atomic E-state index is 0.200. The van der Waals surface area contributed by atoms with Crippen LogP contribution in [0.25, 0.3) is 0 Å². The molecule has 1 aromatic heterocycles. The highest BCUT2D eigenvalue weighted by molar-refractivity contribution is 5.99. The number of nitrogens with zero attached hydrogens (tertiary/aromatic N) is 1. The third-order valence-corrected chi connectivity index (χ3v) is 3.53. The monoisotopic (exact) mass is 287 g/mol. The molecule has 0 amide bonds. The Morgan fingerprint density at radius 1 is 1.29 bits per heavy atom. The fraction of sp³-hybridized carbons (Fsp3) is 0.375. The second-order valence-electron chi connectivity index (χ2n) is 5.07. The van der Waals surface area contributed by atoms with Crippen molar-refractivity contribution in [2.45, 2.75) is 32.5 Å². The van der Waals surface area contributed by atoms with E-state index in [1.165, 1.54) is 0 Å². The van der Waals surface area contributed by atoms with Crippen LogP contribution in [-0.2, 0) is 24.4 Å². The third kappa shape index (κ3) is 2.97. The zero-order valence-electron chi connectivity index (χ0n) is 11.9. The number of ketones is 1. The number of rotatable bonds is 5. The van der Waals surface area contributed by atoms with E-state index in [-0.39, 0.29) is 5.78 Å². The molecule has 0 N–H and O–H groups in total. The lowest BCUT2D eigenvalue weighted by Gasteiger charge is -2.18. The van der Waals surface area contributed by atoms with Crippen LogP contribution < -0.4 is 4.74 Å². The van der Waals surface area contributed by atoms with Crippen LogP contribution in [0.3, 0.4) is 0 Å². The SMILES string of the molecule is COCc1cc(COc2cccc3c2CCCC3=O)no1. The normalized spacial score (nSPS) is 14.0. The highest BCUT2D eigenvalue weighted by Crippen LogP contribution is 2.30. The third-order valence-electron chi connectivity index (χ3n) is 3.53. The number of hydrogen-bond donors (Lipinski definition) is 0. The molecule has 5 heteroatoms. The summed E-state index contributed by atoms with van der Waals surface area (Å²) in [6.07, 6.45) is 2.39. The first-order valence-electron chi connectivity index (χ1n) is 6.99. The zero-order chi connectivity index (χ0) is 14.7. The zero-order valence-corrected chi connectivity index (χ0v) is 11.9. The van der Waals surface area contributed by atoms with Crippen LogP contribution in [0.5, 0.6) is 5.75 Å². The second kappa shape index (κ2) is 6.10. The summed E-state index contributed by atoms with van der Waals surface area (Å²) in [4.78, 5) is 11.9. The van der Waals surface area contributed by atoms with E-state index < -0.39 is 0 Å². The number of methoxy groups -OCH3 is 1. The van der Waals surface area contributed by atoms with Crippen molar-refractivity contribution < 1.29 is 18.8 Å². The van der Waals surface area contributed by atoms with Gasteiger partial charge in [-0.3, -0.25) is 4.79 Å². The molecular formula is C16H17NO4. The van der Waals surface area contributed by atoms with E-state index in [0.29, 0.717) is 31.1 Å². The van der Waals surface area contributed by atoms with Crippen LogP contribution in [-0.4, -0.2) is 18.0 Å². The predicted molar refractivity (Wildman–Crippen MR) is 75.3 cm³/mol. The largest absolute Gasteiger partial charge is 0.487 e. The van der Waals surface area contributed by atoms with Crippen LogP contribution in [0.15, 0.2) is 28.8 Å². The number of aromatic nitrogens is 1. The Kier molecular flexibility index (Phi) is 4.01. The summed E-state index contributed by atoms with van der Waals surface area (Å²) in [6.45, 7) is 0.708. The van der Waals surface area contributed by atoms with Gasteiger partial charge in [-0.25, -0.2) is 0 Å². The Morgan fingerprint density at radius 3 is 3.05 bits per heavy atom. The molecule has 1 aromatic carbocycles. The molecule has 2 aromatic rings. The number of ether oxygens (including phenoxy) is 2. The van der Waals surface area contributed by atoms with E-state index >= 15 is 0 Å². The van der Waals surface area contributed by atoms with E-state index in [2.05, 4.69) is 5.16 Å². The quantitative estimate of drug-likeness (QED) is 0.846. The Hall–Kier alpha value is -2.14. The summed E-state index contributed by atoms with van der Waals surface area (Å²) in [5.74, 6) is 1.63. The Balaban J connectivity index is 1.73. The van der Waals surface area contributed by atoms with Crippen molar-refractivity contribution in [3.05, 3.63) is 46.8 Å². The maximum absolute atomic E-state index is 11.9. The second-order valence-corrected chi connectivity index (χ2v) is 5.07. The minimum atomic E-state index is 0.200. The van der Waals surface area contributed by atoms with Gasteiger partial charge in [0.2, 0.25) is 0 Å². The molecule has 0 unspecified atom stereocenters. The summed E-state index contributed by atoms with van der Waals surface area (Å²) in [6, 6.07) is 7.44. The van der Waals surface area contributed by atoms with Crippen molar-refractivity contribution in [3.63, 3.8) is 0 Å². The van der Waals surface area contributed by atoms with Gasteiger partial charge in [0.15, 0.2) is 11.5 Å². The lowest BCUT2D eigenvalue weighted by Crippen LogP contribution is -2.12. The number of carbonyl (C=O) groups is 1. The van der Waals surface area contributed by atoms with Crippen molar-refractivity contribution in [2.75, 3.05) is 7.11 Å². The van der Waals surface area contributed by atoms with Gasteiger partial charge in [-0.1, -0.05) is 17.3 Å². The molecule has 0 saturated carbocycles. The molecule has 0 aliphatic heterocycles. The Bertz CT molecular complexity index is 647. The highest BCUT2D eigenvalue weighted by atomic mass is 16.5. The molecular weight excluding hydrogens is 270 g/mol. The molecule has 21 heavy (non-hydrogen) atoms. The standard InChI is InChI=1S/C16H17NO4/c1-19-10-12-8-11(17-21-12)9-20-16-7-3-4-13-14(16)5-2-6-15(13)18/h3-4,7-8H,2,5-6,9-10H2,1H3.